The first-order valence-electron chi connectivity index (χ1n) is 10.5. The number of halogens is 1. The summed E-state index contributed by atoms with van der Waals surface area (Å²) in [6.45, 7) is 2.81. The van der Waals surface area contributed by atoms with Crippen molar-refractivity contribution in [2.45, 2.75) is 31.2 Å². The van der Waals surface area contributed by atoms with Gasteiger partial charge in [0.05, 0.1) is 17.8 Å². The molecule has 1 spiro atoms. The maximum atomic E-state index is 13.3. The van der Waals surface area contributed by atoms with Crippen molar-refractivity contribution in [3.63, 3.8) is 0 Å². The number of H-pyrrole nitrogens is 1. The van der Waals surface area contributed by atoms with E-state index in [2.05, 4.69) is 10.2 Å². The molecular formula is C22H25ClN4O3. The number of amides is 2. The minimum atomic E-state index is -0.415. The Bertz CT molecular complexity index is 965. The Morgan fingerprint density at radius 2 is 2.20 bits per heavy atom. The Morgan fingerprint density at radius 1 is 1.33 bits per heavy atom. The molecule has 0 bridgehead atoms. The van der Waals surface area contributed by atoms with Crippen LogP contribution in [0.1, 0.15) is 36.2 Å². The lowest BCUT2D eigenvalue weighted by molar-refractivity contribution is -0.136. The van der Waals surface area contributed by atoms with Crippen molar-refractivity contribution >= 4 is 23.4 Å². The van der Waals surface area contributed by atoms with Crippen molar-refractivity contribution in [2.75, 3.05) is 32.8 Å². The molecule has 1 unspecified atom stereocenters. The lowest BCUT2D eigenvalue weighted by Crippen LogP contribution is -2.57. The Kier molecular flexibility index (Phi) is 5.03. The zero-order valence-corrected chi connectivity index (χ0v) is 17.5. The molecule has 3 fully saturated rings. The zero-order valence-electron chi connectivity index (χ0n) is 16.8. The molecule has 1 saturated carbocycles. The summed E-state index contributed by atoms with van der Waals surface area (Å²) >= 11 is 6.08. The average Bonchev–Trinajstić information content (AvgIpc) is 3.25. The van der Waals surface area contributed by atoms with E-state index in [-0.39, 0.29) is 11.8 Å². The van der Waals surface area contributed by atoms with Gasteiger partial charge in [-0.2, -0.15) is 5.10 Å². The summed E-state index contributed by atoms with van der Waals surface area (Å²) in [6.07, 6.45) is 3.48. The smallest absolute Gasteiger partial charge is 0.271 e. The standard InChI is InChI=1S/C22H25ClN4O3/c23-17-3-1-2-16(10-17)18-11-19(25-24-18)21(29)26-8-6-20(28)27(12-15-4-5-15)22(13-26)7-9-30-14-22/h1-3,10-11,15H,4-9,12-14H2,(H,24,25). The number of rotatable bonds is 4. The van der Waals surface area contributed by atoms with Crippen molar-refractivity contribution in [2.24, 2.45) is 5.92 Å². The van der Waals surface area contributed by atoms with E-state index in [0.717, 1.165) is 18.5 Å². The van der Waals surface area contributed by atoms with E-state index in [1.807, 2.05) is 23.1 Å². The highest BCUT2D eigenvalue weighted by molar-refractivity contribution is 6.30. The molecule has 8 heteroatoms. The summed E-state index contributed by atoms with van der Waals surface area (Å²) < 4.78 is 5.72. The highest BCUT2D eigenvalue weighted by atomic mass is 35.5. The Labute approximate surface area is 180 Å². The molecule has 3 heterocycles. The lowest BCUT2D eigenvalue weighted by atomic mass is 9.95. The quantitative estimate of drug-likeness (QED) is 0.812. The van der Waals surface area contributed by atoms with Crippen molar-refractivity contribution in [3.8, 4) is 11.3 Å². The van der Waals surface area contributed by atoms with E-state index >= 15 is 0 Å². The van der Waals surface area contributed by atoms with Gasteiger partial charge in [-0.25, -0.2) is 0 Å². The number of nitrogens with zero attached hydrogens (tertiary/aromatic N) is 3. The first-order valence-corrected chi connectivity index (χ1v) is 10.9. The molecule has 2 aromatic rings. The second kappa shape index (κ2) is 7.71. The monoisotopic (exact) mass is 428 g/mol. The summed E-state index contributed by atoms with van der Waals surface area (Å²) in [5, 5.41) is 7.79. The normalized spacial score (nSPS) is 24.5. The molecule has 3 aliphatic rings. The van der Waals surface area contributed by atoms with Crippen LogP contribution in [0.15, 0.2) is 30.3 Å². The summed E-state index contributed by atoms with van der Waals surface area (Å²) in [7, 11) is 0. The maximum Gasteiger partial charge on any atom is 0.271 e. The molecule has 1 aliphatic carbocycles. The van der Waals surface area contributed by atoms with E-state index in [1.54, 1.807) is 17.0 Å². The molecule has 2 saturated heterocycles. The SMILES string of the molecule is O=C(c1cc(-c2cccc(Cl)c2)n[nH]1)N1CCC(=O)N(CC2CC2)C2(CCOC2)C1. The first-order chi connectivity index (χ1) is 14.5. The lowest BCUT2D eigenvalue weighted by Gasteiger charge is -2.40. The van der Waals surface area contributed by atoms with Gasteiger partial charge in [-0.05, 0) is 43.4 Å². The molecule has 0 radical (unpaired) electrons. The number of nitrogens with one attached hydrogen (secondary N) is 1. The van der Waals surface area contributed by atoms with E-state index in [0.29, 0.717) is 55.1 Å². The van der Waals surface area contributed by atoms with Crippen LogP contribution in [0.2, 0.25) is 5.02 Å². The number of hydrogen-bond donors (Lipinski definition) is 1. The molecule has 5 rings (SSSR count). The molecule has 7 nitrogen and oxygen atoms in total. The predicted octanol–water partition coefficient (Wildman–Crippen LogP) is 2.97. The Hall–Kier alpha value is -2.38. The van der Waals surface area contributed by atoms with E-state index in [1.165, 1.54) is 12.8 Å². The van der Waals surface area contributed by atoms with Crippen LogP contribution in [0, 0.1) is 5.92 Å². The molecule has 1 atom stereocenters. The van der Waals surface area contributed by atoms with E-state index in [9.17, 15) is 9.59 Å². The first kappa shape index (κ1) is 19.6. The molecule has 1 aromatic carbocycles. The van der Waals surface area contributed by atoms with Crippen LogP contribution < -0.4 is 0 Å². The van der Waals surface area contributed by atoms with Crippen LogP contribution in [0.25, 0.3) is 11.3 Å². The fourth-order valence-corrected chi connectivity index (χ4v) is 4.70. The van der Waals surface area contributed by atoms with Crippen molar-refractivity contribution < 1.29 is 14.3 Å². The van der Waals surface area contributed by atoms with Gasteiger partial charge in [-0.3, -0.25) is 14.7 Å². The van der Waals surface area contributed by atoms with Gasteiger partial charge in [-0.1, -0.05) is 23.7 Å². The molecule has 30 heavy (non-hydrogen) atoms. The minimum absolute atomic E-state index is 0.131. The molecule has 158 valence electrons. The Morgan fingerprint density at radius 3 is 2.93 bits per heavy atom. The van der Waals surface area contributed by atoms with Gasteiger partial charge in [0.15, 0.2) is 0 Å². The number of aromatic amines is 1. The second-order valence-corrected chi connectivity index (χ2v) is 9.06. The molecular weight excluding hydrogens is 404 g/mol. The highest BCUT2D eigenvalue weighted by Crippen LogP contribution is 2.37. The second-order valence-electron chi connectivity index (χ2n) is 8.63. The van der Waals surface area contributed by atoms with Crippen molar-refractivity contribution in [1.29, 1.82) is 0 Å². The van der Waals surface area contributed by atoms with E-state index < -0.39 is 5.54 Å². The molecule has 2 amide bonds. The zero-order chi connectivity index (χ0) is 20.7. The van der Waals surface area contributed by atoms with Crippen molar-refractivity contribution in [3.05, 3.63) is 41.0 Å². The number of hydrogen-bond acceptors (Lipinski definition) is 4. The average molecular weight is 429 g/mol. The minimum Gasteiger partial charge on any atom is -0.379 e. The maximum absolute atomic E-state index is 13.3. The van der Waals surface area contributed by atoms with Crippen LogP contribution in [0.5, 0.6) is 0 Å². The van der Waals surface area contributed by atoms with Gasteiger partial charge in [0.2, 0.25) is 5.91 Å². The largest absolute Gasteiger partial charge is 0.379 e. The number of aromatic nitrogens is 2. The number of carbonyl (C=O) groups is 2. The molecule has 1 N–H and O–H groups in total. The molecule has 2 aliphatic heterocycles. The van der Waals surface area contributed by atoms with Gasteiger partial charge >= 0.3 is 0 Å². The summed E-state index contributed by atoms with van der Waals surface area (Å²) in [6, 6.07) is 9.13. The van der Waals surface area contributed by atoms with Crippen LogP contribution in [0.3, 0.4) is 0 Å². The summed E-state index contributed by atoms with van der Waals surface area (Å²) in [4.78, 5) is 30.1. The number of ether oxygens (including phenoxy) is 1. The van der Waals surface area contributed by atoms with Crippen LogP contribution in [-0.2, 0) is 9.53 Å². The Balaban J connectivity index is 1.38. The van der Waals surface area contributed by atoms with Gasteiger partial charge in [0.1, 0.15) is 5.69 Å². The fraction of sp³-hybridized carbons (Fsp3) is 0.500. The highest BCUT2D eigenvalue weighted by Gasteiger charge is 2.48. The third kappa shape index (κ3) is 3.72. The van der Waals surface area contributed by atoms with Gasteiger partial charge in [0.25, 0.3) is 5.91 Å². The number of benzene rings is 1. The molecule has 1 aromatic heterocycles. The van der Waals surface area contributed by atoms with Crippen LogP contribution >= 0.6 is 11.6 Å². The van der Waals surface area contributed by atoms with Gasteiger partial charge < -0.3 is 14.5 Å². The third-order valence-corrected chi connectivity index (χ3v) is 6.63. The van der Waals surface area contributed by atoms with Crippen LogP contribution in [0.4, 0.5) is 0 Å². The van der Waals surface area contributed by atoms with Gasteiger partial charge in [0, 0.05) is 43.2 Å². The topological polar surface area (TPSA) is 78.5 Å². The fourth-order valence-electron chi connectivity index (χ4n) is 4.51. The van der Waals surface area contributed by atoms with Crippen molar-refractivity contribution in [1.82, 2.24) is 20.0 Å². The predicted molar refractivity (Wildman–Crippen MR) is 112 cm³/mol. The number of carbonyl (C=O) groups excluding carboxylic acids is 2. The third-order valence-electron chi connectivity index (χ3n) is 6.39. The summed E-state index contributed by atoms with van der Waals surface area (Å²) in [5.74, 6) is 0.594. The van der Waals surface area contributed by atoms with E-state index in [4.69, 9.17) is 16.3 Å². The summed E-state index contributed by atoms with van der Waals surface area (Å²) in [5.41, 5.74) is 1.52. The van der Waals surface area contributed by atoms with Crippen LogP contribution in [-0.4, -0.2) is 70.2 Å². The van der Waals surface area contributed by atoms with Gasteiger partial charge in [-0.15, -0.1) is 0 Å².